The minimum Gasteiger partial charge on any atom is -0.493 e. The maximum absolute atomic E-state index is 11.9. The van der Waals surface area contributed by atoms with Gasteiger partial charge < -0.3 is 24.6 Å². The van der Waals surface area contributed by atoms with Gasteiger partial charge in [-0.1, -0.05) is 6.07 Å². The van der Waals surface area contributed by atoms with Crippen LogP contribution >= 0.6 is 0 Å². The smallest absolute Gasteiger partial charge is 0.408 e. The molecule has 1 saturated carbocycles. The number of methoxy groups -OCH3 is 1. The molecule has 0 heterocycles. The average molecular weight is 379 g/mol. The van der Waals surface area contributed by atoms with E-state index < -0.39 is 23.7 Å². The van der Waals surface area contributed by atoms with Crippen molar-refractivity contribution in [3.63, 3.8) is 0 Å². The summed E-state index contributed by atoms with van der Waals surface area (Å²) in [6.45, 7) is 5.16. The number of carbonyl (C=O) groups is 2. The predicted octanol–water partition coefficient (Wildman–Crippen LogP) is 3.54. The first kappa shape index (κ1) is 20.9. The molecule has 0 bridgehead atoms. The molecule has 0 aliphatic heterocycles. The minimum atomic E-state index is -1.13. The second kappa shape index (κ2) is 8.97. The molecule has 2 N–H and O–H groups in total. The van der Waals surface area contributed by atoms with Crippen molar-refractivity contribution in [1.29, 1.82) is 0 Å². The summed E-state index contributed by atoms with van der Waals surface area (Å²) in [4.78, 5) is 23.5. The summed E-state index contributed by atoms with van der Waals surface area (Å²) in [7, 11) is 1.57. The molecule has 2 rings (SSSR count). The van der Waals surface area contributed by atoms with Crippen molar-refractivity contribution in [2.75, 3.05) is 7.11 Å². The van der Waals surface area contributed by atoms with E-state index >= 15 is 0 Å². The van der Waals surface area contributed by atoms with E-state index in [1.54, 1.807) is 46.1 Å². The molecule has 150 valence electrons. The number of hydrogen-bond donors (Lipinski definition) is 2. The zero-order chi connectivity index (χ0) is 20.0. The second-order valence-corrected chi connectivity index (χ2v) is 7.75. The molecule has 1 aliphatic carbocycles. The number of alkyl carbamates (subject to hydrolysis) is 1. The van der Waals surface area contributed by atoms with Crippen LogP contribution in [0.2, 0.25) is 0 Å². The number of carbonyl (C=O) groups excluding carboxylic acids is 1. The molecule has 1 unspecified atom stereocenters. The van der Waals surface area contributed by atoms with E-state index in [1.165, 1.54) is 0 Å². The highest BCUT2D eigenvalue weighted by atomic mass is 16.6. The Morgan fingerprint density at radius 3 is 2.44 bits per heavy atom. The quantitative estimate of drug-likeness (QED) is 0.753. The summed E-state index contributed by atoms with van der Waals surface area (Å²) < 4.78 is 16.5. The van der Waals surface area contributed by atoms with E-state index in [9.17, 15) is 14.7 Å². The summed E-state index contributed by atoms with van der Waals surface area (Å²) in [5.74, 6) is 0.0795. The van der Waals surface area contributed by atoms with Crippen LogP contribution in [0.4, 0.5) is 4.79 Å². The zero-order valence-corrected chi connectivity index (χ0v) is 16.4. The molecule has 0 radical (unpaired) electrons. The van der Waals surface area contributed by atoms with Gasteiger partial charge in [-0.15, -0.1) is 0 Å². The molecular formula is C20H29NO6. The fraction of sp³-hybridized carbons (Fsp3) is 0.600. The Morgan fingerprint density at radius 1 is 1.22 bits per heavy atom. The maximum atomic E-state index is 11.9. The highest BCUT2D eigenvalue weighted by Gasteiger charge is 2.25. The van der Waals surface area contributed by atoms with Gasteiger partial charge >= 0.3 is 12.1 Å². The lowest BCUT2D eigenvalue weighted by Crippen LogP contribution is -2.44. The molecule has 1 aromatic carbocycles. The van der Waals surface area contributed by atoms with Gasteiger partial charge in [0.05, 0.1) is 13.2 Å². The third kappa shape index (κ3) is 6.66. The number of nitrogens with one attached hydrogen (secondary N) is 1. The fourth-order valence-electron chi connectivity index (χ4n) is 3.01. The van der Waals surface area contributed by atoms with Crippen LogP contribution in [0, 0.1) is 0 Å². The van der Waals surface area contributed by atoms with Crippen molar-refractivity contribution in [3.8, 4) is 11.5 Å². The summed E-state index contributed by atoms with van der Waals surface area (Å²) in [5.41, 5.74) is 0.0301. The first-order valence-corrected chi connectivity index (χ1v) is 9.24. The van der Waals surface area contributed by atoms with Crippen molar-refractivity contribution >= 4 is 12.1 Å². The fourth-order valence-corrected chi connectivity index (χ4v) is 3.01. The van der Waals surface area contributed by atoms with Crippen LogP contribution in [0.1, 0.15) is 52.0 Å². The SMILES string of the molecule is COc1ccc(CC(NC(=O)OC(C)(C)C)C(=O)O)cc1OC1CCCC1. The molecule has 0 spiro atoms. The molecule has 1 amide bonds. The van der Waals surface area contributed by atoms with Crippen molar-refractivity contribution in [2.24, 2.45) is 0 Å². The molecule has 1 aliphatic rings. The van der Waals surface area contributed by atoms with Gasteiger partial charge in [0.1, 0.15) is 11.6 Å². The van der Waals surface area contributed by atoms with Crippen LogP contribution in [0.3, 0.4) is 0 Å². The normalized spacial score (nSPS) is 15.9. The van der Waals surface area contributed by atoms with Gasteiger partial charge in [0.2, 0.25) is 0 Å². The van der Waals surface area contributed by atoms with E-state index in [2.05, 4.69) is 5.32 Å². The van der Waals surface area contributed by atoms with Crippen LogP contribution in [0.15, 0.2) is 18.2 Å². The van der Waals surface area contributed by atoms with E-state index in [0.717, 1.165) is 31.2 Å². The Bertz CT molecular complexity index is 661. The molecule has 1 atom stereocenters. The zero-order valence-electron chi connectivity index (χ0n) is 16.4. The first-order valence-electron chi connectivity index (χ1n) is 9.24. The number of ether oxygens (including phenoxy) is 3. The second-order valence-electron chi connectivity index (χ2n) is 7.75. The predicted molar refractivity (Wildman–Crippen MR) is 100 cm³/mol. The number of benzene rings is 1. The van der Waals surface area contributed by atoms with E-state index in [4.69, 9.17) is 14.2 Å². The molecular weight excluding hydrogens is 350 g/mol. The number of carboxylic acid groups (broad SMARTS) is 1. The summed E-state index contributed by atoms with van der Waals surface area (Å²) in [6, 6.07) is 4.20. The molecule has 0 aromatic heterocycles. The molecule has 1 fully saturated rings. The Labute approximate surface area is 160 Å². The Morgan fingerprint density at radius 2 is 1.89 bits per heavy atom. The largest absolute Gasteiger partial charge is 0.493 e. The first-order chi connectivity index (χ1) is 12.7. The van der Waals surface area contributed by atoms with Crippen LogP contribution in [-0.2, 0) is 16.0 Å². The number of aliphatic carboxylic acids is 1. The summed E-state index contributed by atoms with van der Waals surface area (Å²) in [6.07, 6.45) is 3.81. The van der Waals surface area contributed by atoms with Gasteiger partial charge in [-0.2, -0.15) is 0 Å². The number of carboxylic acids is 1. The van der Waals surface area contributed by atoms with Crippen molar-refractivity contribution in [1.82, 2.24) is 5.32 Å². The topological polar surface area (TPSA) is 94.1 Å². The number of hydrogen-bond acceptors (Lipinski definition) is 5. The van der Waals surface area contributed by atoms with E-state index in [1.807, 2.05) is 0 Å². The lowest BCUT2D eigenvalue weighted by atomic mass is 10.1. The molecule has 0 saturated heterocycles. The highest BCUT2D eigenvalue weighted by molar-refractivity contribution is 5.80. The van der Waals surface area contributed by atoms with Gasteiger partial charge in [-0.25, -0.2) is 9.59 Å². The van der Waals surface area contributed by atoms with Gasteiger partial charge in [0, 0.05) is 6.42 Å². The highest BCUT2D eigenvalue weighted by Crippen LogP contribution is 2.32. The van der Waals surface area contributed by atoms with E-state index in [-0.39, 0.29) is 12.5 Å². The van der Waals surface area contributed by atoms with Crippen molar-refractivity contribution in [3.05, 3.63) is 23.8 Å². The lowest BCUT2D eigenvalue weighted by Gasteiger charge is -2.22. The van der Waals surface area contributed by atoms with Crippen LogP contribution in [0.5, 0.6) is 11.5 Å². The molecule has 27 heavy (non-hydrogen) atoms. The van der Waals surface area contributed by atoms with Gasteiger partial charge in [-0.3, -0.25) is 0 Å². The lowest BCUT2D eigenvalue weighted by molar-refractivity contribution is -0.139. The third-order valence-corrected chi connectivity index (χ3v) is 4.25. The minimum absolute atomic E-state index is 0.111. The van der Waals surface area contributed by atoms with Gasteiger partial charge in [0.15, 0.2) is 11.5 Å². The average Bonchev–Trinajstić information content (AvgIpc) is 3.05. The van der Waals surface area contributed by atoms with E-state index in [0.29, 0.717) is 11.5 Å². The summed E-state index contributed by atoms with van der Waals surface area (Å²) >= 11 is 0. The summed E-state index contributed by atoms with van der Waals surface area (Å²) in [5, 5.41) is 11.9. The Hall–Kier alpha value is -2.44. The van der Waals surface area contributed by atoms with Crippen LogP contribution in [0.25, 0.3) is 0 Å². The third-order valence-electron chi connectivity index (χ3n) is 4.25. The molecule has 7 heteroatoms. The monoisotopic (exact) mass is 379 g/mol. The van der Waals surface area contributed by atoms with Gasteiger partial charge in [0.25, 0.3) is 0 Å². The Balaban J connectivity index is 2.10. The van der Waals surface area contributed by atoms with Crippen LogP contribution < -0.4 is 14.8 Å². The number of rotatable bonds is 7. The molecule has 1 aromatic rings. The standard InChI is InChI=1S/C20H29NO6/c1-20(2,3)27-19(24)21-15(18(22)23)11-13-9-10-16(25-4)17(12-13)26-14-7-5-6-8-14/h9-10,12,14-15H,5-8,11H2,1-4H3,(H,21,24)(H,22,23). The van der Waals surface area contributed by atoms with Crippen LogP contribution in [-0.4, -0.2) is 42.0 Å². The van der Waals surface area contributed by atoms with Gasteiger partial charge in [-0.05, 0) is 64.2 Å². The molecule has 7 nitrogen and oxygen atoms in total. The Kier molecular flexibility index (Phi) is 6.93. The van der Waals surface area contributed by atoms with Crippen molar-refractivity contribution < 1.29 is 28.9 Å². The van der Waals surface area contributed by atoms with Crippen molar-refractivity contribution in [2.45, 2.75) is 70.6 Å². The number of amides is 1. The maximum Gasteiger partial charge on any atom is 0.408 e.